The van der Waals surface area contributed by atoms with E-state index in [1.165, 1.54) is 0 Å². The molecule has 0 fully saturated rings. The highest BCUT2D eigenvalue weighted by Gasteiger charge is 2.26. The van der Waals surface area contributed by atoms with E-state index in [2.05, 4.69) is 0 Å². The van der Waals surface area contributed by atoms with Crippen molar-refractivity contribution < 1.29 is 9.59 Å². The minimum absolute atomic E-state index is 0.0251. The van der Waals surface area contributed by atoms with E-state index in [9.17, 15) is 9.59 Å². The molecule has 2 aromatic carbocycles. The maximum absolute atomic E-state index is 12.6. The van der Waals surface area contributed by atoms with Crippen LogP contribution in [-0.4, -0.2) is 11.6 Å². The zero-order chi connectivity index (χ0) is 13.4. The van der Waals surface area contributed by atoms with E-state index in [-0.39, 0.29) is 17.5 Å². The lowest BCUT2D eigenvalue weighted by atomic mass is 9.83. The monoisotopic (exact) mass is 252 g/mol. The van der Waals surface area contributed by atoms with E-state index in [1.807, 2.05) is 43.3 Å². The van der Waals surface area contributed by atoms with Gasteiger partial charge in [0.25, 0.3) is 0 Å². The first-order valence-electron chi connectivity index (χ1n) is 6.81. The number of carbonyl (C=O) groups is 2. The van der Waals surface area contributed by atoms with Crippen molar-refractivity contribution in [2.45, 2.75) is 26.2 Å². The van der Waals surface area contributed by atoms with Gasteiger partial charge in [-0.25, -0.2) is 0 Å². The van der Waals surface area contributed by atoms with Crippen LogP contribution < -0.4 is 0 Å². The Kier molecular flexibility index (Phi) is 2.94. The van der Waals surface area contributed by atoms with Crippen LogP contribution in [0.25, 0.3) is 10.8 Å². The molecule has 0 spiro atoms. The average molecular weight is 252 g/mol. The Hall–Kier alpha value is -1.96. The van der Waals surface area contributed by atoms with E-state index in [0.717, 1.165) is 17.2 Å². The SMILES string of the molecule is CCC1CCC(=O)c2cccc3cccc(c23)C1=O. The molecule has 1 unspecified atom stereocenters. The van der Waals surface area contributed by atoms with Gasteiger partial charge in [0.2, 0.25) is 0 Å². The van der Waals surface area contributed by atoms with Gasteiger partial charge >= 0.3 is 0 Å². The average Bonchev–Trinajstić information content (AvgIpc) is 2.45. The fourth-order valence-electron chi connectivity index (χ4n) is 2.96. The van der Waals surface area contributed by atoms with Gasteiger partial charge in [0.05, 0.1) is 0 Å². The van der Waals surface area contributed by atoms with E-state index < -0.39 is 0 Å². The topological polar surface area (TPSA) is 34.1 Å². The number of rotatable bonds is 1. The van der Waals surface area contributed by atoms with Crippen molar-refractivity contribution in [3.8, 4) is 0 Å². The molecule has 0 aromatic heterocycles. The highest BCUT2D eigenvalue weighted by Crippen LogP contribution is 2.31. The van der Waals surface area contributed by atoms with Crippen LogP contribution in [-0.2, 0) is 0 Å². The third-order valence-electron chi connectivity index (χ3n) is 4.05. The summed E-state index contributed by atoms with van der Waals surface area (Å²) in [6.07, 6.45) is 1.93. The molecule has 0 aliphatic heterocycles. The number of Topliss-reactive ketones (excluding diaryl/α,β-unsaturated/α-hetero) is 2. The molecule has 1 aliphatic carbocycles. The van der Waals surface area contributed by atoms with Gasteiger partial charge in [-0.15, -0.1) is 0 Å². The van der Waals surface area contributed by atoms with Crippen LogP contribution in [0.3, 0.4) is 0 Å². The molecule has 0 bridgehead atoms. The largest absolute Gasteiger partial charge is 0.294 e. The summed E-state index contributed by atoms with van der Waals surface area (Å²) in [6.45, 7) is 2.01. The molecule has 0 saturated carbocycles. The second-order valence-corrected chi connectivity index (χ2v) is 5.14. The molecule has 3 rings (SSSR count). The first kappa shape index (κ1) is 12.1. The molecule has 2 heteroatoms. The number of ketones is 2. The second kappa shape index (κ2) is 4.61. The predicted octanol–water partition coefficient (Wildman–Crippen LogP) is 4.03. The Morgan fingerprint density at radius 2 is 1.74 bits per heavy atom. The Bertz CT molecular complexity index is 665. The Morgan fingerprint density at radius 3 is 2.42 bits per heavy atom. The van der Waals surface area contributed by atoms with Gasteiger partial charge in [0.1, 0.15) is 0 Å². The molecule has 0 saturated heterocycles. The van der Waals surface area contributed by atoms with E-state index in [0.29, 0.717) is 24.0 Å². The van der Waals surface area contributed by atoms with Gasteiger partial charge in [0, 0.05) is 28.9 Å². The zero-order valence-corrected chi connectivity index (χ0v) is 11.0. The number of benzene rings is 2. The lowest BCUT2D eigenvalue weighted by Gasteiger charge is -2.19. The lowest BCUT2D eigenvalue weighted by molar-refractivity contribution is 0.0890. The summed E-state index contributed by atoms with van der Waals surface area (Å²) >= 11 is 0. The summed E-state index contributed by atoms with van der Waals surface area (Å²) in [5.74, 6) is 0.319. The highest BCUT2D eigenvalue weighted by molar-refractivity contribution is 6.18. The molecule has 19 heavy (non-hydrogen) atoms. The van der Waals surface area contributed by atoms with Gasteiger partial charge in [0.15, 0.2) is 11.6 Å². The minimum Gasteiger partial charge on any atom is -0.294 e. The van der Waals surface area contributed by atoms with Gasteiger partial charge in [-0.1, -0.05) is 43.3 Å². The summed E-state index contributed by atoms with van der Waals surface area (Å²) in [7, 11) is 0. The second-order valence-electron chi connectivity index (χ2n) is 5.14. The number of carbonyl (C=O) groups excluding carboxylic acids is 2. The van der Waals surface area contributed by atoms with Crippen LogP contribution in [0.2, 0.25) is 0 Å². The van der Waals surface area contributed by atoms with Crippen molar-refractivity contribution in [2.24, 2.45) is 5.92 Å². The molecule has 96 valence electrons. The Labute approximate surface area is 112 Å². The van der Waals surface area contributed by atoms with E-state index >= 15 is 0 Å². The normalized spacial score (nSPS) is 19.3. The quantitative estimate of drug-likeness (QED) is 0.768. The molecule has 0 N–H and O–H groups in total. The van der Waals surface area contributed by atoms with Crippen LogP contribution >= 0.6 is 0 Å². The van der Waals surface area contributed by atoms with Crippen LogP contribution in [0.1, 0.15) is 46.9 Å². The predicted molar refractivity (Wildman–Crippen MR) is 75.6 cm³/mol. The first-order chi connectivity index (χ1) is 9.22. The Balaban J connectivity index is 2.36. The van der Waals surface area contributed by atoms with Gasteiger partial charge in [-0.05, 0) is 18.2 Å². The third kappa shape index (κ3) is 1.88. The van der Waals surface area contributed by atoms with Gasteiger partial charge in [-0.3, -0.25) is 9.59 Å². The van der Waals surface area contributed by atoms with E-state index in [1.54, 1.807) is 0 Å². The fraction of sp³-hybridized carbons (Fsp3) is 0.294. The van der Waals surface area contributed by atoms with Crippen molar-refractivity contribution in [1.29, 1.82) is 0 Å². The summed E-state index contributed by atoms with van der Waals surface area (Å²) in [6, 6.07) is 11.4. The summed E-state index contributed by atoms with van der Waals surface area (Å²) < 4.78 is 0. The van der Waals surface area contributed by atoms with Crippen molar-refractivity contribution in [3.63, 3.8) is 0 Å². The summed E-state index contributed by atoms with van der Waals surface area (Å²) in [5.41, 5.74) is 1.42. The zero-order valence-electron chi connectivity index (χ0n) is 11.0. The maximum atomic E-state index is 12.6. The molecule has 0 amide bonds. The summed E-state index contributed by atoms with van der Waals surface area (Å²) in [5, 5.41) is 1.83. The summed E-state index contributed by atoms with van der Waals surface area (Å²) in [4.78, 5) is 24.9. The highest BCUT2D eigenvalue weighted by atomic mass is 16.1. The van der Waals surface area contributed by atoms with Crippen molar-refractivity contribution in [1.82, 2.24) is 0 Å². The molecular formula is C17H16O2. The standard InChI is InChI=1S/C17H16O2/c1-2-11-9-10-15(18)13-7-3-5-12-6-4-8-14(16(12)13)17(11)19/h3-8,11H,2,9-10H2,1H3. The van der Waals surface area contributed by atoms with Crippen molar-refractivity contribution in [3.05, 3.63) is 47.5 Å². The lowest BCUT2D eigenvalue weighted by Crippen LogP contribution is -2.19. The molecular weight excluding hydrogens is 236 g/mol. The number of hydrogen-bond acceptors (Lipinski definition) is 2. The minimum atomic E-state index is -0.0251. The molecule has 0 heterocycles. The molecule has 0 radical (unpaired) electrons. The molecule has 1 aliphatic rings. The first-order valence-corrected chi connectivity index (χ1v) is 6.81. The fourth-order valence-corrected chi connectivity index (χ4v) is 2.96. The van der Waals surface area contributed by atoms with Crippen LogP contribution in [0.15, 0.2) is 36.4 Å². The third-order valence-corrected chi connectivity index (χ3v) is 4.05. The number of hydrogen-bond donors (Lipinski definition) is 0. The van der Waals surface area contributed by atoms with E-state index in [4.69, 9.17) is 0 Å². The van der Waals surface area contributed by atoms with Crippen LogP contribution in [0, 0.1) is 5.92 Å². The van der Waals surface area contributed by atoms with Gasteiger partial charge in [-0.2, -0.15) is 0 Å². The maximum Gasteiger partial charge on any atom is 0.166 e. The van der Waals surface area contributed by atoms with Crippen molar-refractivity contribution in [2.75, 3.05) is 0 Å². The van der Waals surface area contributed by atoms with Crippen LogP contribution in [0.5, 0.6) is 0 Å². The molecule has 1 atom stereocenters. The molecule has 2 nitrogen and oxygen atoms in total. The van der Waals surface area contributed by atoms with Crippen molar-refractivity contribution >= 4 is 22.3 Å². The molecule has 2 aromatic rings. The smallest absolute Gasteiger partial charge is 0.166 e. The Morgan fingerprint density at radius 1 is 1.05 bits per heavy atom. The van der Waals surface area contributed by atoms with Gasteiger partial charge < -0.3 is 0 Å². The van der Waals surface area contributed by atoms with Crippen LogP contribution in [0.4, 0.5) is 0 Å².